The molecule has 0 radical (unpaired) electrons. The zero-order valence-electron chi connectivity index (χ0n) is 16.5. The third-order valence-electron chi connectivity index (χ3n) is 4.92. The Labute approximate surface area is 164 Å². The van der Waals surface area contributed by atoms with Crippen molar-refractivity contribution in [1.29, 1.82) is 0 Å². The van der Waals surface area contributed by atoms with Gasteiger partial charge in [-0.25, -0.2) is 9.59 Å². The lowest BCUT2D eigenvalue weighted by Gasteiger charge is -2.27. The van der Waals surface area contributed by atoms with Crippen LogP contribution in [-0.4, -0.2) is 57.7 Å². The molecule has 1 unspecified atom stereocenters. The molecule has 1 saturated heterocycles. The zero-order valence-corrected chi connectivity index (χ0v) is 16.5. The van der Waals surface area contributed by atoms with Crippen molar-refractivity contribution in [1.82, 2.24) is 15.1 Å². The first-order valence-electron chi connectivity index (χ1n) is 9.49. The van der Waals surface area contributed by atoms with Gasteiger partial charge in [-0.3, -0.25) is 4.79 Å². The zero-order chi connectivity index (χ0) is 20.5. The van der Waals surface area contributed by atoms with Crippen LogP contribution < -0.4 is 5.32 Å². The highest BCUT2D eigenvalue weighted by Gasteiger charge is 2.34. The van der Waals surface area contributed by atoms with Gasteiger partial charge in [0.2, 0.25) is 5.91 Å². The molecule has 152 valence electrons. The summed E-state index contributed by atoms with van der Waals surface area (Å²) in [4.78, 5) is 38.8. The number of amides is 3. The summed E-state index contributed by atoms with van der Waals surface area (Å²) in [5, 5.41) is 11.8. The van der Waals surface area contributed by atoms with Crippen LogP contribution in [0.4, 0.5) is 9.59 Å². The van der Waals surface area contributed by atoms with E-state index >= 15 is 0 Å². The number of hydrogen-bond acceptors (Lipinski definition) is 4. The van der Waals surface area contributed by atoms with Crippen molar-refractivity contribution in [3.63, 3.8) is 0 Å². The van der Waals surface area contributed by atoms with E-state index in [1.165, 1.54) is 4.90 Å². The molecule has 0 bridgehead atoms. The van der Waals surface area contributed by atoms with Crippen LogP contribution in [-0.2, 0) is 29.0 Å². The predicted molar refractivity (Wildman–Crippen MR) is 102 cm³/mol. The first kappa shape index (κ1) is 20.0. The van der Waals surface area contributed by atoms with Gasteiger partial charge in [0.1, 0.15) is 11.6 Å². The lowest BCUT2D eigenvalue weighted by atomic mass is 9.97. The fourth-order valence-electron chi connectivity index (χ4n) is 3.57. The minimum Gasteiger partial charge on any atom is -0.465 e. The maximum absolute atomic E-state index is 12.6. The van der Waals surface area contributed by atoms with Crippen LogP contribution in [0.5, 0.6) is 0 Å². The Morgan fingerprint density at radius 3 is 2.68 bits per heavy atom. The quantitative estimate of drug-likeness (QED) is 0.827. The number of carbonyl (C=O) groups is 3. The SMILES string of the molecule is CC(C)(C)OC(=O)NC1CCN(Cc2ccc3c(c2)CN(C(=O)O)CC3)C1=O. The lowest BCUT2D eigenvalue weighted by Crippen LogP contribution is -2.43. The molecular formula is C20H27N3O5. The summed E-state index contributed by atoms with van der Waals surface area (Å²) < 4.78 is 5.22. The molecule has 0 spiro atoms. The summed E-state index contributed by atoms with van der Waals surface area (Å²) >= 11 is 0. The summed E-state index contributed by atoms with van der Waals surface area (Å²) in [6, 6.07) is 5.40. The third kappa shape index (κ3) is 4.74. The molecule has 1 aromatic rings. The van der Waals surface area contributed by atoms with E-state index in [1.807, 2.05) is 18.2 Å². The smallest absolute Gasteiger partial charge is 0.408 e. The highest BCUT2D eigenvalue weighted by Crippen LogP contribution is 2.23. The molecule has 1 atom stereocenters. The van der Waals surface area contributed by atoms with Gasteiger partial charge in [0.25, 0.3) is 0 Å². The summed E-state index contributed by atoms with van der Waals surface area (Å²) in [5.74, 6) is -0.129. The van der Waals surface area contributed by atoms with Crippen molar-refractivity contribution < 1.29 is 24.2 Å². The minimum absolute atomic E-state index is 0.129. The molecular weight excluding hydrogens is 362 g/mol. The van der Waals surface area contributed by atoms with E-state index in [1.54, 1.807) is 25.7 Å². The van der Waals surface area contributed by atoms with Crippen LogP contribution >= 0.6 is 0 Å². The largest absolute Gasteiger partial charge is 0.465 e. The van der Waals surface area contributed by atoms with Crippen LogP contribution in [0.3, 0.4) is 0 Å². The molecule has 2 aliphatic rings. The van der Waals surface area contributed by atoms with Gasteiger partial charge in [-0.1, -0.05) is 18.2 Å². The number of carboxylic acid groups (broad SMARTS) is 1. The van der Waals surface area contributed by atoms with E-state index in [2.05, 4.69) is 5.32 Å². The predicted octanol–water partition coefficient (Wildman–Crippen LogP) is 2.35. The second-order valence-corrected chi connectivity index (χ2v) is 8.30. The van der Waals surface area contributed by atoms with Crippen molar-refractivity contribution in [3.05, 3.63) is 34.9 Å². The molecule has 8 nitrogen and oxygen atoms in total. The molecule has 3 rings (SSSR count). The fraction of sp³-hybridized carbons (Fsp3) is 0.550. The summed E-state index contributed by atoms with van der Waals surface area (Å²) in [7, 11) is 0. The number of alkyl carbamates (subject to hydrolysis) is 1. The van der Waals surface area contributed by atoms with Crippen LogP contribution in [0.25, 0.3) is 0 Å². The molecule has 0 saturated carbocycles. The van der Waals surface area contributed by atoms with Crippen molar-refractivity contribution in [2.75, 3.05) is 13.1 Å². The first-order chi connectivity index (χ1) is 13.1. The number of nitrogens with zero attached hydrogens (tertiary/aromatic N) is 2. The third-order valence-corrected chi connectivity index (χ3v) is 4.92. The number of carbonyl (C=O) groups excluding carboxylic acids is 2. The Morgan fingerprint density at radius 2 is 2.00 bits per heavy atom. The van der Waals surface area contributed by atoms with Gasteiger partial charge in [0.05, 0.1) is 0 Å². The lowest BCUT2D eigenvalue weighted by molar-refractivity contribution is -0.129. The van der Waals surface area contributed by atoms with E-state index in [0.717, 1.165) is 16.7 Å². The Balaban J connectivity index is 1.61. The van der Waals surface area contributed by atoms with Gasteiger partial charge in [-0.15, -0.1) is 0 Å². The van der Waals surface area contributed by atoms with Crippen molar-refractivity contribution in [2.24, 2.45) is 0 Å². The van der Waals surface area contributed by atoms with E-state index in [4.69, 9.17) is 4.74 Å². The maximum Gasteiger partial charge on any atom is 0.408 e. The Bertz CT molecular complexity index is 787. The van der Waals surface area contributed by atoms with Crippen LogP contribution in [0.1, 0.15) is 43.9 Å². The maximum atomic E-state index is 12.6. The number of nitrogens with one attached hydrogen (secondary N) is 1. The Kier molecular flexibility index (Phi) is 5.49. The fourth-order valence-corrected chi connectivity index (χ4v) is 3.57. The number of benzene rings is 1. The second-order valence-electron chi connectivity index (χ2n) is 8.30. The van der Waals surface area contributed by atoms with E-state index in [9.17, 15) is 19.5 Å². The van der Waals surface area contributed by atoms with Crippen LogP contribution in [0.15, 0.2) is 18.2 Å². The Morgan fingerprint density at radius 1 is 1.25 bits per heavy atom. The number of likely N-dealkylation sites (tertiary alicyclic amines) is 1. The number of hydrogen-bond donors (Lipinski definition) is 2. The molecule has 2 aliphatic heterocycles. The minimum atomic E-state index is -0.915. The van der Waals surface area contributed by atoms with E-state index in [-0.39, 0.29) is 5.91 Å². The summed E-state index contributed by atoms with van der Waals surface area (Å²) in [6.45, 7) is 7.19. The van der Waals surface area contributed by atoms with Crippen molar-refractivity contribution >= 4 is 18.1 Å². The average molecular weight is 389 g/mol. The van der Waals surface area contributed by atoms with Crippen LogP contribution in [0, 0.1) is 0 Å². The highest BCUT2D eigenvalue weighted by molar-refractivity contribution is 5.87. The van der Waals surface area contributed by atoms with Gasteiger partial charge >= 0.3 is 12.2 Å². The van der Waals surface area contributed by atoms with E-state index in [0.29, 0.717) is 39.0 Å². The Hall–Kier alpha value is -2.77. The molecule has 1 aromatic carbocycles. The summed E-state index contributed by atoms with van der Waals surface area (Å²) in [6.07, 6.45) is -0.264. The van der Waals surface area contributed by atoms with Crippen molar-refractivity contribution in [3.8, 4) is 0 Å². The molecule has 1 fully saturated rings. The number of ether oxygens (including phenoxy) is 1. The topological polar surface area (TPSA) is 99.2 Å². The molecule has 0 aromatic heterocycles. The first-order valence-corrected chi connectivity index (χ1v) is 9.49. The normalized spacial score (nSPS) is 19.4. The van der Waals surface area contributed by atoms with E-state index < -0.39 is 23.8 Å². The molecule has 0 aliphatic carbocycles. The average Bonchev–Trinajstić information content (AvgIpc) is 2.92. The molecule has 2 N–H and O–H groups in total. The standard InChI is InChI=1S/C20H27N3O5/c1-20(2,3)28-18(25)21-16-7-9-22(17(16)24)11-13-4-5-14-6-8-23(19(26)27)12-15(14)10-13/h4-5,10,16H,6-9,11-12H2,1-3H3,(H,21,25)(H,26,27). The van der Waals surface area contributed by atoms with Crippen LogP contribution in [0.2, 0.25) is 0 Å². The molecule has 8 heteroatoms. The van der Waals surface area contributed by atoms with Gasteiger partial charge in [0, 0.05) is 26.2 Å². The molecule has 28 heavy (non-hydrogen) atoms. The van der Waals surface area contributed by atoms with Gasteiger partial charge in [-0.05, 0) is 50.3 Å². The summed E-state index contributed by atoms with van der Waals surface area (Å²) in [5.41, 5.74) is 2.48. The number of fused-ring (bicyclic) bond motifs is 1. The van der Waals surface area contributed by atoms with Crippen molar-refractivity contribution in [2.45, 2.75) is 58.3 Å². The monoisotopic (exact) mass is 389 g/mol. The second kappa shape index (κ2) is 7.69. The molecule has 2 heterocycles. The van der Waals surface area contributed by atoms with Gasteiger partial charge < -0.3 is 25.0 Å². The highest BCUT2D eigenvalue weighted by atomic mass is 16.6. The van der Waals surface area contributed by atoms with Gasteiger partial charge in [0.15, 0.2) is 0 Å². The van der Waals surface area contributed by atoms with Gasteiger partial charge in [-0.2, -0.15) is 0 Å². The number of rotatable bonds is 3. The molecule has 3 amide bonds.